The highest BCUT2D eigenvalue weighted by molar-refractivity contribution is 7.14. The zero-order valence-electron chi connectivity index (χ0n) is 14.8. The molecule has 0 saturated heterocycles. The van der Waals surface area contributed by atoms with Crippen LogP contribution in [0.3, 0.4) is 0 Å². The van der Waals surface area contributed by atoms with Crippen molar-refractivity contribution >= 4 is 28.3 Å². The van der Waals surface area contributed by atoms with E-state index in [1.54, 1.807) is 12.3 Å². The number of unbranched alkanes of at least 4 members (excludes halogenated alkanes) is 2. The molecule has 10 heteroatoms. The van der Waals surface area contributed by atoms with Crippen LogP contribution in [0, 0.1) is 0 Å². The molecule has 0 fully saturated rings. The Hall–Kier alpha value is -2.62. The number of hydrogen-bond donors (Lipinski definition) is 3. The average Bonchev–Trinajstić information content (AvgIpc) is 3.06. The summed E-state index contributed by atoms with van der Waals surface area (Å²) in [5, 5.41) is 5.58. The molecule has 0 aliphatic rings. The summed E-state index contributed by atoms with van der Waals surface area (Å²) in [4.78, 5) is 41.5. The predicted octanol–water partition coefficient (Wildman–Crippen LogP) is 1.41. The number of nitrogens with two attached hydrogens (primary N) is 1. The van der Waals surface area contributed by atoms with Gasteiger partial charge in [0.1, 0.15) is 11.4 Å². The number of H-pyrrole nitrogens is 1. The van der Waals surface area contributed by atoms with E-state index in [1.165, 1.54) is 23.0 Å². The Kier molecular flexibility index (Phi) is 6.96. The van der Waals surface area contributed by atoms with E-state index in [1.807, 2.05) is 0 Å². The third-order valence-corrected chi connectivity index (χ3v) is 4.68. The van der Waals surface area contributed by atoms with Crippen LogP contribution in [-0.4, -0.2) is 34.2 Å². The number of rotatable bonds is 9. The molecule has 0 amide bonds. The zero-order valence-corrected chi connectivity index (χ0v) is 15.6. The van der Waals surface area contributed by atoms with E-state index < -0.39 is 11.2 Å². The molecule has 0 spiro atoms. The lowest BCUT2D eigenvalue weighted by atomic mass is 10.2. The predicted molar refractivity (Wildman–Crippen MR) is 101 cm³/mol. The zero-order chi connectivity index (χ0) is 19.1. The van der Waals surface area contributed by atoms with Crippen molar-refractivity contribution in [3.05, 3.63) is 26.2 Å². The molecular formula is C16H23N5O4S. The minimum Gasteiger partial charge on any atom is -0.469 e. The quantitative estimate of drug-likeness (QED) is 0.442. The Morgan fingerprint density at radius 1 is 1.38 bits per heavy atom. The largest absolute Gasteiger partial charge is 0.469 e. The first-order valence-electron chi connectivity index (χ1n) is 8.37. The number of thiazole rings is 1. The maximum atomic E-state index is 12.1. The number of hydrogen-bond acceptors (Lipinski definition) is 8. The molecule has 0 aliphatic heterocycles. The van der Waals surface area contributed by atoms with Crippen LogP contribution in [0.1, 0.15) is 32.6 Å². The third-order valence-electron chi connectivity index (χ3n) is 3.88. The maximum Gasteiger partial charge on any atom is 0.329 e. The summed E-state index contributed by atoms with van der Waals surface area (Å²) in [5.41, 5.74) is 5.54. The molecule has 9 nitrogen and oxygen atoms in total. The molecule has 0 saturated carbocycles. The van der Waals surface area contributed by atoms with Gasteiger partial charge in [-0.3, -0.25) is 19.1 Å². The second kappa shape index (κ2) is 9.18. The number of carbonyl (C=O) groups excluding carboxylic acids is 1. The fourth-order valence-corrected chi connectivity index (χ4v) is 3.22. The van der Waals surface area contributed by atoms with Crippen LogP contribution in [-0.2, 0) is 16.1 Å². The highest BCUT2D eigenvalue weighted by Gasteiger charge is 2.16. The molecule has 142 valence electrons. The van der Waals surface area contributed by atoms with E-state index in [-0.39, 0.29) is 17.4 Å². The number of aromatic nitrogens is 3. The number of anilines is 2. The number of carbonyl (C=O) groups is 1. The monoisotopic (exact) mass is 381 g/mol. The van der Waals surface area contributed by atoms with Crippen molar-refractivity contribution < 1.29 is 9.53 Å². The lowest BCUT2D eigenvalue weighted by Gasteiger charge is -2.08. The van der Waals surface area contributed by atoms with Crippen molar-refractivity contribution in [2.45, 2.75) is 39.2 Å². The van der Waals surface area contributed by atoms with Gasteiger partial charge in [0, 0.05) is 24.9 Å². The van der Waals surface area contributed by atoms with Gasteiger partial charge in [0.05, 0.1) is 12.8 Å². The number of methoxy groups -OCH3 is 1. The van der Waals surface area contributed by atoms with Gasteiger partial charge in [0.2, 0.25) is 0 Å². The van der Waals surface area contributed by atoms with Gasteiger partial charge in [-0.15, -0.1) is 11.3 Å². The number of nitrogens with zero attached hydrogens (tertiary/aromatic N) is 2. The van der Waals surface area contributed by atoms with Crippen LogP contribution in [0.4, 0.5) is 10.9 Å². The van der Waals surface area contributed by atoms with E-state index in [0.29, 0.717) is 30.3 Å². The minimum absolute atomic E-state index is 0.112. The summed E-state index contributed by atoms with van der Waals surface area (Å²) < 4.78 is 5.89. The number of ether oxygens (including phenoxy) is 1. The van der Waals surface area contributed by atoms with Gasteiger partial charge in [0.15, 0.2) is 5.13 Å². The first kappa shape index (κ1) is 19.7. The maximum absolute atomic E-state index is 12.1. The number of esters is 1. The Labute approximate surface area is 154 Å². The second-order valence-corrected chi connectivity index (χ2v) is 6.47. The lowest BCUT2D eigenvalue weighted by molar-refractivity contribution is -0.140. The summed E-state index contributed by atoms with van der Waals surface area (Å²) in [6.45, 7) is 2.83. The van der Waals surface area contributed by atoms with Crippen molar-refractivity contribution in [1.82, 2.24) is 14.5 Å². The van der Waals surface area contributed by atoms with E-state index in [0.717, 1.165) is 19.3 Å². The van der Waals surface area contributed by atoms with Gasteiger partial charge < -0.3 is 15.8 Å². The molecule has 2 aromatic heterocycles. The summed E-state index contributed by atoms with van der Waals surface area (Å²) in [7, 11) is 1.38. The standard InChI is InChI=1S/C16H23N5O4S/c1-3-21-13(17)12(14(23)20-16(21)24)10-9-26-15(19-10)18-8-6-4-5-7-11(22)25-2/h9H,3-8,17H2,1-2H3,(H,18,19)(H,20,23,24). The number of aromatic amines is 1. The molecule has 0 bridgehead atoms. The molecule has 0 unspecified atom stereocenters. The normalized spacial score (nSPS) is 10.7. The number of nitrogens with one attached hydrogen (secondary N) is 2. The van der Waals surface area contributed by atoms with Gasteiger partial charge in [-0.2, -0.15) is 0 Å². The Bertz CT molecular complexity index is 870. The van der Waals surface area contributed by atoms with Crippen LogP contribution < -0.4 is 22.3 Å². The SMILES string of the molecule is CCn1c(N)c(-c2csc(NCCCCCC(=O)OC)n2)c(=O)[nH]c1=O. The fraction of sp³-hybridized carbons (Fsp3) is 0.500. The van der Waals surface area contributed by atoms with E-state index in [2.05, 4.69) is 20.0 Å². The third kappa shape index (κ3) is 4.72. The smallest absolute Gasteiger partial charge is 0.329 e. The highest BCUT2D eigenvalue weighted by Crippen LogP contribution is 2.25. The van der Waals surface area contributed by atoms with Crippen molar-refractivity contribution in [3.63, 3.8) is 0 Å². The minimum atomic E-state index is -0.545. The first-order valence-corrected chi connectivity index (χ1v) is 9.25. The summed E-state index contributed by atoms with van der Waals surface area (Å²) in [6.07, 6.45) is 2.98. The molecule has 0 atom stereocenters. The van der Waals surface area contributed by atoms with Crippen LogP contribution in [0.5, 0.6) is 0 Å². The fourth-order valence-electron chi connectivity index (χ4n) is 2.49. The van der Waals surface area contributed by atoms with E-state index in [9.17, 15) is 14.4 Å². The molecular weight excluding hydrogens is 358 g/mol. The molecule has 2 heterocycles. The molecule has 26 heavy (non-hydrogen) atoms. The summed E-state index contributed by atoms with van der Waals surface area (Å²) >= 11 is 1.36. The molecule has 0 radical (unpaired) electrons. The van der Waals surface area contributed by atoms with Crippen LogP contribution in [0.15, 0.2) is 15.0 Å². The Balaban J connectivity index is 1.97. The van der Waals surface area contributed by atoms with Crippen LogP contribution >= 0.6 is 11.3 Å². The number of nitrogen functional groups attached to an aromatic ring is 1. The van der Waals surface area contributed by atoms with Gasteiger partial charge in [0.25, 0.3) is 5.56 Å². The Morgan fingerprint density at radius 2 is 2.15 bits per heavy atom. The molecule has 2 aromatic rings. The highest BCUT2D eigenvalue weighted by atomic mass is 32.1. The van der Waals surface area contributed by atoms with Gasteiger partial charge in [-0.1, -0.05) is 6.42 Å². The van der Waals surface area contributed by atoms with Gasteiger partial charge in [-0.05, 0) is 19.8 Å². The van der Waals surface area contributed by atoms with E-state index in [4.69, 9.17) is 5.73 Å². The topological polar surface area (TPSA) is 132 Å². The van der Waals surface area contributed by atoms with Crippen molar-refractivity contribution in [2.24, 2.45) is 0 Å². The molecule has 0 aromatic carbocycles. The van der Waals surface area contributed by atoms with Gasteiger partial charge >= 0.3 is 11.7 Å². The van der Waals surface area contributed by atoms with Crippen LogP contribution in [0.2, 0.25) is 0 Å². The van der Waals surface area contributed by atoms with Gasteiger partial charge in [-0.25, -0.2) is 9.78 Å². The lowest BCUT2D eigenvalue weighted by Crippen LogP contribution is -2.32. The average molecular weight is 381 g/mol. The molecule has 0 aliphatic carbocycles. The van der Waals surface area contributed by atoms with Crippen LogP contribution in [0.25, 0.3) is 11.3 Å². The first-order chi connectivity index (χ1) is 12.5. The summed E-state index contributed by atoms with van der Waals surface area (Å²) in [6, 6.07) is 0. The van der Waals surface area contributed by atoms with Crippen molar-refractivity contribution in [3.8, 4) is 11.3 Å². The molecule has 2 rings (SSSR count). The Morgan fingerprint density at radius 3 is 2.85 bits per heavy atom. The van der Waals surface area contributed by atoms with Crippen molar-refractivity contribution in [2.75, 3.05) is 24.7 Å². The van der Waals surface area contributed by atoms with Crippen molar-refractivity contribution in [1.29, 1.82) is 0 Å². The molecule has 4 N–H and O–H groups in total. The second-order valence-electron chi connectivity index (χ2n) is 5.62. The van der Waals surface area contributed by atoms with E-state index >= 15 is 0 Å². The summed E-state index contributed by atoms with van der Waals surface area (Å²) in [5.74, 6) is -0.0836.